The second-order valence-corrected chi connectivity index (χ2v) is 8.83. The SMILES string of the molecule is C=CC(=O)N1CCOc2ccc(-c3ncc4c(n3)-c3[nH]c5c(c3CC4)C(=O)CC(=N)CC5)cc21. The summed E-state index contributed by atoms with van der Waals surface area (Å²) in [6.07, 6.45) is 6.12. The number of hydrogen-bond donors (Lipinski definition) is 2. The summed E-state index contributed by atoms with van der Waals surface area (Å²) in [6, 6.07) is 5.61. The first-order valence-electron chi connectivity index (χ1n) is 11.4. The molecule has 0 bridgehead atoms. The zero-order valence-corrected chi connectivity index (χ0v) is 18.6. The highest BCUT2D eigenvalue weighted by atomic mass is 16.5. The van der Waals surface area contributed by atoms with Gasteiger partial charge < -0.3 is 20.0 Å². The molecule has 0 spiro atoms. The summed E-state index contributed by atoms with van der Waals surface area (Å²) >= 11 is 0. The second-order valence-electron chi connectivity index (χ2n) is 8.83. The van der Waals surface area contributed by atoms with Crippen LogP contribution < -0.4 is 9.64 Å². The van der Waals surface area contributed by atoms with Crippen LogP contribution in [0.2, 0.25) is 0 Å². The lowest BCUT2D eigenvalue weighted by Crippen LogP contribution is -2.36. The Morgan fingerprint density at radius 2 is 2.12 bits per heavy atom. The van der Waals surface area contributed by atoms with Gasteiger partial charge in [0.1, 0.15) is 12.4 Å². The van der Waals surface area contributed by atoms with Crippen LogP contribution in [-0.2, 0) is 24.1 Å². The number of anilines is 1. The lowest BCUT2D eigenvalue weighted by molar-refractivity contribution is -0.114. The number of nitrogens with zero attached hydrogens (tertiary/aromatic N) is 3. The van der Waals surface area contributed by atoms with E-state index < -0.39 is 0 Å². The molecule has 1 aromatic carbocycles. The van der Waals surface area contributed by atoms with Crippen molar-refractivity contribution in [1.29, 1.82) is 5.41 Å². The maximum atomic E-state index is 12.9. The summed E-state index contributed by atoms with van der Waals surface area (Å²) in [6.45, 7) is 4.49. The van der Waals surface area contributed by atoms with Gasteiger partial charge in [0.25, 0.3) is 5.91 Å². The quantitative estimate of drug-likeness (QED) is 0.454. The molecule has 2 aromatic heterocycles. The van der Waals surface area contributed by atoms with Crippen LogP contribution in [0.3, 0.4) is 0 Å². The molecule has 0 radical (unpaired) electrons. The van der Waals surface area contributed by atoms with Crippen LogP contribution in [0, 0.1) is 5.41 Å². The summed E-state index contributed by atoms with van der Waals surface area (Å²) in [7, 11) is 0. The number of ether oxygens (including phenoxy) is 1. The van der Waals surface area contributed by atoms with Crippen LogP contribution in [0.15, 0.2) is 37.1 Å². The lowest BCUT2D eigenvalue weighted by Gasteiger charge is -2.29. The molecule has 1 aliphatic heterocycles. The van der Waals surface area contributed by atoms with Crippen molar-refractivity contribution in [2.45, 2.75) is 32.1 Å². The van der Waals surface area contributed by atoms with E-state index in [-0.39, 0.29) is 18.1 Å². The molecule has 2 aliphatic carbocycles. The van der Waals surface area contributed by atoms with E-state index in [2.05, 4.69) is 16.5 Å². The number of Topliss-reactive ketones (excluding diaryl/α,β-unsaturated/α-hetero) is 1. The van der Waals surface area contributed by atoms with Crippen molar-refractivity contribution in [3.63, 3.8) is 0 Å². The van der Waals surface area contributed by atoms with Crippen LogP contribution in [0.1, 0.15) is 40.0 Å². The fraction of sp³-hybridized carbons (Fsp3) is 0.269. The number of benzene rings is 1. The molecule has 0 saturated carbocycles. The number of fused-ring (bicyclic) bond motifs is 6. The van der Waals surface area contributed by atoms with Crippen molar-refractivity contribution < 1.29 is 14.3 Å². The van der Waals surface area contributed by atoms with Crippen LogP contribution in [0.25, 0.3) is 22.8 Å². The maximum absolute atomic E-state index is 12.9. The Kier molecular flexibility index (Phi) is 4.69. The lowest BCUT2D eigenvalue weighted by atomic mass is 9.90. The van der Waals surface area contributed by atoms with E-state index in [9.17, 15) is 9.59 Å². The number of aryl methyl sites for hydroxylation is 2. The normalized spacial score (nSPS) is 16.5. The predicted molar refractivity (Wildman–Crippen MR) is 128 cm³/mol. The van der Waals surface area contributed by atoms with Crippen molar-refractivity contribution >= 4 is 23.1 Å². The highest BCUT2D eigenvalue weighted by molar-refractivity contribution is 6.12. The van der Waals surface area contributed by atoms with Gasteiger partial charge in [-0.2, -0.15) is 0 Å². The summed E-state index contributed by atoms with van der Waals surface area (Å²) < 4.78 is 5.73. The predicted octanol–water partition coefficient (Wildman–Crippen LogP) is 3.69. The third-order valence-electron chi connectivity index (χ3n) is 6.78. The Labute approximate surface area is 196 Å². The van der Waals surface area contributed by atoms with Crippen molar-refractivity contribution in [3.8, 4) is 28.5 Å². The molecule has 0 unspecified atom stereocenters. The van der Waals surface area contributed by atoms with Crippen molar-refractivity contribution in [1.82, 2.24) is 15.0 Å². The number of amides is 1. The Morgan fingerprint density at radius 1 is 1.24 bits per heavy atom. The van der Waals surface area contributed by atoms with Crippen LogP contribution in [0.4, 0.5) is 5.69 Å². The molecule has 170 valence electrons. The molecule has 1 amide bonds. The van der Waals surface area contributed by atoms with E-state index in [0.717, 1.165) is 52.2 Å². The van der Waals surface area contributed by atoms with Gasteiger partial charge in [0.2, 0.25) is 0 Å². The molecule has 3 aliphatic rings. The molecule has 8 nitrogen and oxygen atoms in total. The zero-order valence-electron chi connectivity index (χ0n) is 18.6. The van der Waals surface area contributed by atoms with E-state index >= 15 is 0 Å². The molecular weight excluding hydrogens is 430 g/mol. The molecule has 6 rings (SSSR count). The largest absolute Gasteiger partial charge is 0.490 e. The molecule has 0 saturated heterocycles. The van der Waals surface area contributed by atoms with Crippen molar-refractivity contribution in [2.24, 2.45) is 0 Å². The van der Waals surface area contributed by atoms with Crippen LogP contribution >= 0.6 is 0 Å². The van der Waals surface area contributed by atoms with Gasteiger partial charge >= 0.3 is 0 Å². The van der Waals surface area contributed by atoms with Gasteiger partial charge in [-0.25, -0.2) is 9.97 Å². The highest BCUT2D eigenvalue weighted by Gasteiger charge is 2.31. The van der Waals surface area contributed by atoms with Crippen LogP contribution in [-0.4, -0.2) is 45.5 Å². The maximum Gasteiger partial charge on any atom is 0.250 e. The first kappa shape index (κ1) is 20.5. The average Bonchev–Trinajstić information content (AvgIpc) is 3.18. The number of rotatable bonds is 2. The Balaban J connectivity index is 1.43. The Bertz CT molecular complexity index is 1400. The van der Waals surface area contributed by atoms with E-state index in [1.807, 2.05) is 24.4 Å². The minimum Gasteiger partial charge on any atom is -0.490 e. The summed E-state index contributed by atoms with van der Waals surface area (Å²) in [5.74, 6) is 1.03. The van der Waals surface area contributed by atoms with E-state index in [0.29, 0.717) is 49.0 Å². The third-order valence-corrected chi connectivity index (χ3v) is 6.78. The minimum atomic E-state index is -0.177. The molecular formula is C26H23N5O3. The first-order chi connectivity index (χ1) is 16.5. The number of carbonyl (C=O) groups excluding carboxylic acids is 2. The van der Waals surface area contributed by atoms with Crippen molar-refractivity contribution in [3.05, 3.63) is 59.4 Å². The average molecular weight is 454 g/mol. The third kappa shape index (κ3) is 3.17. The number of aromatic amines is 1. The van der Waals surface area contributed by atoms with E-state index in [1.54, 1.807) is 4.90 Å². The number of hydrogen-bond acceptors (Lipinski definition) is 6. The number of carbonyl (C=O) groups is 2. The van der Waals surface area contributed by atoms with Crippen LogP contribution in [0.5, 0.6) is 5.75 Å². The molecule has 34 heavy (non-hydrogen) atoms. The standard InChI is InChI=1S/C26H23N5O3/c1-2-22(33)31-9-10-34-21-8-4-14(11-19(21)31)26-28-13-15-3-6-17-23-18(29-25(17)24(15)30-26)7-5-16(27)12-20(23)32/h2,4,8,11,13,27,29H,1,3,5-7,9-10,12H2. The van der Waals surface area contributed by atoms with E-state index in [1.165, 1.54) is 6.08 Å². The number of ketones is 1. The molecule has 3 aromatic rings. The van der Waals surface area contributed by atoms with Gasteiger partial charge in [-0.3, -0.25) is 9.59 Å². The van der Waals surface area contributed by atoms with Gasteiger partial charge in [-0.15, -0.1) is 0 Å². The summed E-state index contributed by atoms with van der Waals surface area (Å²) in [4.78, 5) is 39.8. The fourth-order valence-corrected chi connectivity index (χ4v) is 5.12. The van der Waals surface area contributed by atoms with Gasteiger partial charge in [-0.1, -0.05) is 6.58 Å². The Morgan fingerprint density at radius 3 is 2.97 bits per heavy atom. The Hall–Kier alpha value is -4.07. The monoisotopic (exact) mass is 453 g/mol. The van der Waals surface area contributed by atoms with Gasteiger partial charge in [0.05, 0.1) is 23.6 Å². The minimum absolute atomic E-state index is 0.0226. The summed E-state index contributed by atoms with van der Waals surface area (Å²) in [5, 5.41) is 7.98. The van der Waals surface area contributed by atoms with E-state index in [4.69, 9.17) is 15.1 Å². The molecule has 0 fully saturated rings. The second kappa shape index (κ2) is 7.76. The number of nitrogens with one attached hydrogen (secondary N) is 2. The number of H-pyrrole nitrogens is 1. The summed E-state index contributed by atoms with van der Waals surface area (Å²) in [5.41, 5.74) is 7.36. The smallest absolute Gasteiger partial charge is 0.250 e. The van der Waals surface area contributed by atoms with Gasteiger partial charge in [0, 0.05) is 35.2 Å². The zero-order chi connectivity index (χ0) is 23.4. The fourth-order valence-electron chi connectivity index (χ4n) is 5.12. The topological polar surface area (TPSA) is 112 Å². The first-order valence-corrected chi connectivity index (χ1v) is 11.4. The molecule has 3 heterocycles. The molecule has 0 atom stereocenters. The van der Waals surface area contributed by atoms with Gasteiger partial charge in [0.15, 0.2) is 11.6 Å². The molecule has 8 heteroatoms. The highest BCUT2D eigenvalue weighted by Crippen LogP contribution is 2.39. The molecule has 2 N–H and O–H groups in total. The number of aromatic nitrogens is 3. The van der Waals surface area contributed by atoms with Crippen molar-refractivity contribution in [2.75, 3.05) is 18.1 Å². The van der Waals surface area contributed by atoms with Gasteiger partial charge in [-0.05, 0) is 61.1 Å².